The van der Waals surface area contributed by atoms with E-state index in [1.165, 1.54) is 24.0 Å². The molecule has 1 aromatic heterocycles. The van der Waals surface area contributed by atoms with Gasteiger partial charge in [0.1, 0.15) is 5.75 Å². The lowest BCUT2D eigenvalue weighted by atomic mass is 10.0. The topological polar surface area (TPSA) is 37.4 Å². The first kappa shape index (κ1) is 14.7. The van der Waals surface area contributed by atoms with Gasteiger partial charge in [0.25, 0.3) is 0 Å². The average molecular weight is 297 g/mol. The molecular weight excluding hydrogens is 274 g/mol. The van der Waals surface area contributed by atoms with E-state index in [2.05, 4.69) is 39.5 Å². The lowest BCUT2D eigenvalue weighted by Crippen LogP contribution is -2.10. The van der Waals surface area contributed by atoms with Gasteiger partial charge < -0.3 is 15.0 Å². The smallest absolute Gasteiger partial charge is 0.119 e. The maximum absolute atomic E-state index is 5.37. The summed E-state index contributed by atoms with van der Waals surface area (Å²) in [5.41, 5.74) is 4.90. The first-order valence-electron chi connectivity index (χ1n) is 7.70. The monoisotopic (exact) mass is 297 g/mol. The molecule has 1 fully saturated rings. The second-order valence-corrected chi connectivity index (χ2v) is 6.02. The fourth-order valence-corrected chi connectivity index (χ4v) is 2.62. The number of rotatable bonds is 6. The molecule has 4 heteroatoms. The van der Waals surface area contributed by atoms with Crippen LogP contribution in [0.2, 0.25) is 0 Å². The van der Waals surface area contributed by atoms with Crippen LogP contribution >= 0.6 is 0 Å². The minimum atomic E-state index is 0.731. The highest BCUT2D eigenvalue weighted by molar-refractivity contribution is 5.55. The molecule has 1 aromatic carbocycles. The molecule has 0 spiro atoms. The Kier molecular flexibility index (Phi) is 4.18. The van der Waals surface area contributed by atoms with Gasteiger partial charge in [0.05, 0.1) is 30.9 Å². The predicted octanol–water partition coefficient (Wildman–Crippen LogP) is 3.65. The number of hydrogen-bond acceptors (Lipinski definition) is 4. The number of hydrogen-bond donors (Lipinski definition) is 1. The highest BCUT2D eigenvalue weighted by Crippen LogP contribution is 2.42. The molecule has 1 aliphatic carbocycles. The van der Waals surface area contributed by atoms with E-state index in [1.807, 2.05) is 26.5 Å². The van der Waals surface area contributed by atoms with E-state index in [1.54, 1.807) is 7.11 Å². The molecule has 0 atom stereocenters. The number of pyridine rings is 1. The van der Waals surface area contributed by atoms with Crippen LogP contribution in [0.15, 0.2) is 36.7 Å². The van der Waals surface area contributed by atoms with Crippen molar-refractivity contribution in [2.24, 2.45) is 0 Å². The van der Waals surface area contributed by atoms with E-state index < -0.39 is 0 Å². The zero-order chi connectivity index (χ0) is 15.5. The Bertz CT molecular complexity index is 651. The van der Waals surface area contributed by atoms with Crippen molar-refractivity contribution in [1.82, 2.24) is 4.98 Å². The highest BCUT2D eigenvalue weighted by Gasteiger charge is 2.26. The predicted molar refractivity (Wildman–Crippen MR) is 90.9 cm³/mol. The normalized spacial score (nSPS) is 13.8. The van der Waals surface area contributed by atoms with E-state index in [0.717, 1.165) is 29.6 Å². The molecule has 3 rings (SSSR count). The van der Waals surface area contributed by atoms with Crippen molar-refractivity contribution in [2.75, 3.05) is 31.4 Å². The SMILES string of the molecule is COc1ccc(C2CC2)c(CNc2cncc(N(C)C)c2)c1. The van der Waals surface area contributed by atoms with Gasteiger partial charge in [0.15, 0.2) is 0 Å². The van der Waals surface area contributed by atoms with Crippen molar-refractivity contribution in [3.63, 3.8) is 0 Å². The zero-order valence-corrected chi connectivity index (χ0v) is 13.5. The van der Waals surface area contributed by atoms with Crippen molar-refractivity contribution < 1.29 is 4.74 Å². The molecule has 116 valence electrons. The Morgan fingerprint density at radius 3 is 2.73 bits per heavy atom. The van der Waals surface area contributed by atoms with Gasteiger partial charge in [-0.15, -0.1) is 0 Å². The maximum atomic E-state index is 5.37. The second-order valence-electron chi connectivity index (χ2n) is 6.02. The minimum Gasteiger partial charge on any atom is -0.497 e. The van der Waals surface area contributed by atoms with Gasteiger partial charge in [-0.1, -0.05) is 6.07 Å². The van der Waals surface area contributed by atoms with E-state index in [0.29, 0.717) is 0 Å². The molecule has 1 saturated carbocycles. The quantitative estimate of drug-likeness (QED) is 0.883. The second kappa shape index (κ2) is 6.26. The summed E-state index contributed by atoms with van der Waals surface area (Å²) < 4.78 is 5.37. The lowest BCUT2D eigenvalue weighted by molar-refractivity contribution is 0.414. The largest absolute Gasteiger partial charge is 0.497 e. The third-order valence-corrected chi connectivity index (χ3v) is 4.09. The Hall–Kier alpha value is -2.23. The number of nitrogens with one attached hydrogen (secondary N) is 1. The fraction of sp³-hybridized carbons (Fsp3) is 0.389. The van der Waals surface area contributed by atoms with Crippen molar-refractivity contribution >= 4 is 11.4 Å². The first-order chi connectivity index (χ1) is 10.7. The molecule has 1 heterocycles. The van der Waals surface area contributed by atoms with Crippen LogP contribution in [-0.2, 0) is 6.54 Å². The number of aromatic nitrogens is 1. The summed E-state index contributed by atoms with van der Waals surface area (Å²) >= 11 is 0. The lowest BCUT2D eigenvalue weighted by Gasteiger charge is -2.15. The maximum Gasteiger partial charge on any atom is 0.119 e. The number of ether oxygens (including phenoxy) is 1. The van der Waals surface area contributed by atoms with Crippen molar-refractivity contribution in [3.05, 3.63) is 47.8 Å². The van der Waals surface area contributed by atoms with Gasteiger partial charge in [0.2, 0.25) is 0 Å². The van der Waals surface area contributed by atoms with Crippen LogP contribution in [0.4, 0.5) is 11.4 Å². The molecule has 0 bridgehead atoms. The fourth-order valence-electron chi connectivity index (χ4n) is 2.62. The molecule has 2 aromatic rings. The van der Waals surface area contributed by atoms with E-state index >= 15 is 0 Å². The molecule has 0 radical (unpaired) electrons. The van der Waals surface area contributed by atoms with E-state index in [9.17, 15) is 0 Å². The molecule has 22 heavy (non-hydrogen) atoms. The average Bonchev–Trinajstić information content (AvgIpc) is 3.37. The third kappa shape index (κ3) is 3.32. The number of methoxy groups -OCH3 is 1. The Labute approximate surface area is 132 Å². The van der Waals surface area contributed by atoms with Gasteiger partial charge in [-0.2, -0.15) is 0 Å². The van der Waals surface area contributed by atoms with Crippen molar-refractivity contribution in [2.45, 2.75) is 25.3 Å². The Morgan fingerprint density at radius 1 is 1.23 bits per heavy atom. The summed E-state index contributed by atoms with van der Waals surface area (Å²) in [7, 11) is 5.76. The van der Waals surface area contributed by atoms with Crippen LogP contribution in [0, 0.1) is 0 Å². The van der Waals surface area contributed by atoms with Crippen LogP contribution in [0.1, 0.15) is 29.9 Å². The van der Waals surface area contributed by atoms with Crippen LogP contribution in [0.5, 0.6) is 5.75 Å². The summed E-state index contributed by atoms with van der Waals surface area (Å²) in [6.45, 7) is 0.793. The molecule has 1 aliphatic rings. The summed E-state index contributed by atoms with van der Waals surface area (Å²) in [5, 5.41) is 3.49. The van der Waals surface area contributed by atoms with Crippen molar-refractivity contribution in [3.8, 4) is 5.75 Å². The summed E-state index contributed by atoms with van der Waals surface area (Å²) in [6.07, 6.45) is 6.34. The zero-order valence-electron chi connectivity index (χ0n) is 13.5. The minimum absolute atomic E-state index is 0.731. The summed E-state index contributed by atoms with van der Waals surface area (Å²) in [4.78, 5) is 6.35. The number of nitrogens with zero attached hydrogens (tertiary/aromatic N) is 2. The van der Waals surface area contributed by atoms with Gasteiger partial charge in [-0.25, -0.2) is 0 Å². The Morgan fingerprint density at radius 2 is 2.05 bits per heavy atom. The Balaban J connectivity index is 1.76. The standard InChI is InChI=1S/C18H23N3O/c1-21(2)16-9-15(11-19-12-16)20-10-14-8-17(22-3)6-7-18(14)13-4-5-13/h6-9,11-13,20H,4-5,10H2,1-3H3. The third-order valence-electron chi connectivity index (χ3n) is 4.09. The van der Waals surface area contributed by atoms with Gasteiger partial charge in [0, 0.05) is 20.6 Å². The van der Waals surface area contributed by atoms with E-state index in [4.69, 9.17) is 4.74 Å². The van der Waals surface area contributed by atoms with Gasteiger partial charge in [-0.3, -0.25) is 4.98 Å². The van der Waals surface area contributed by atoms with Crippen LogP contribution in [0.3, 0.4) is 0 Å². The molecular formula is C18H23N3O. The number of anilines is 2. The molecule has 0 unspecified atom stereocenters. The molecule has 0 saturated heterocycles. The molecule has 4 nitrogen and oxygen atoms in total. The summed E-state index contributed by atoms with van der Waals surface area (Å²) in [5.74, 6) is 1.65. The van der Waals surface area contributed by atoms with E-state index in [-0.39, 0.29) is 0 Å². The first-order valence-corrected chi connectivity index (χ1v) is 7.70. The molecule has 0 aliphatic heterocycles. The van der Waals surface area contributed by atoms with Crippen LogP contribution in [-0.4, -0.2) is 26.2 Å². The highest BCUT2D eigenvalue weighted by atomic mass is 16.5. The molecule has 1 N–H and O–H groups in total. The van der Waals surface area contributed by atoms with Crippen LogP contribution in [0.25, 0.3) is 0 Å². The molecule has 0 amide bonds. The van der Waals surface area contributed by atoms with Crippen LogP contribution < -0.4 is 15.0 Å². The van der Waals surface area contributed by atoms with Crippen molar-refractivity contribution in [1.29, 1.82) is 0 Å². The summed E-state index contributed by atoms with van der Waals surface area (Å²) in [6, 6.07) is 8.53. The number of benzene rings is 1. The van der Waals surface area contributed by atoms with Gasteiger partial charge >= 0.3 is 0 Å². The van der Waals surface area contributed by atoms with Gasteiger partial charge in [-0.05, 0) is 48.1 Å².